The van der Waals surface area contributed by atoms with Crippen molar-refractivity contribution in [1.82, 2.24) is 10.6 Å². The molecule has 12 nitrogen and oxygen atoms in total. The standard InChI is InChI=1S/C54H90N2O10/c1-29(35-12-14-37-48-39(27-44(61)53(35,37)5)51(3)20-18-33(57)23-31(51)25-42(48)59)10-16-46(63)55-22-8-7-9-41(50(65)66)56-47(64)17-11-30(2)36-13-15-38-49-40(28-45(62)54(36,38)6)52(4)21-19-34(58)24-32(52)26-43(49)60/h29-45,48-49,57-62H,7-28H2,1-6H3,(H,55,63)(H,56,64)(H,65,66)/t29?,30?,31-,32-,33+,34+,35?,36?,37-,38-,39?,40?,41?,42?,43?,44?,45?,48+,49+,51?,52?,53?,54?/m0/s1. The van der Waals surface area contributed by atoms with Crippen molar-refractivity contribution in [2.24, 2.45) is 92.7 Å². The summed E-state index contributed by atoms with van der Waals surface area (Å²) in [6.07, 6.45) is 12.5. The fraction of sp³-hybridized carbons (Fsp3) is 0.944. The van der Waals surface area contributed by atoms with Crippen molar-refractivity contribution < 1.29 is 50.1 Å². The first kappa shape index (κ1) is 50.6. The van der Waals surface area contributed by atoms with Crippen LogP contribution in [-0.4, -0.2) is 103 Å². The number of carboxylic acids is 1. The van der Waals surface area contributed by atoms with Crippen LogP contribution in [0.15, 0.2) is 0 Å². The number of carbonyl (C=O) groups is 3. The van der Waals surface area contributed by atoms with E-state index in [-0.39, 0.29) is 130 Å². The highest BCUT2D eigenvalue weighted by Crippen LogP contribution is 2.70. The Bertz CT molecular complexity index is 1750. The molecule has 66 heavy (non-hydrogen) atoms. The maximum atomic E-state index is 13.2. The fourth-order valence-corrected chi connectivity index (χ4v) is 18.7. The molecule has 0 spiro atoms. The van der Waals surface area contributed by atoms with Gasteiger partial charge in [-0.15, -0.1) is 0 Å². The minimum Gasteiger partial charge on any atom is -0.480 e. The minimum atomic E-state index is -1.07. The van der Waals surface area contributed by atoms with Gasteiger partial charge in [-0.1, -0.05) is 41.5 Å². The van der Waals surface area contributed by atoms with Crippen molar-refractivity contribution in [2.75, 3.05) is 6.54 Å². The van der Waals surface area contributed by atoms with Crippen LogP contribution in [0, 0.1) is 92.7 Å². The number of hydrogen-bond acceptors (Lipinski definition) is 9. The van der Waals surface area contributed by atoms with Crippen molar-refractivity contribution in [3.63, 3.8) is 0 Å². The monoisotopic (exact) mass is 927 g/mol. The van der Waals surface area contributed by atoms with E-state index in [1.54, 1.807) is 0 Å². The van der Waals surface area contributed by atoms with E-state index in [0.29, 0.717) is 57.9 Å². The number of carboxylic acid groups (broad SMARTS) is 1. The number of rotatable bonds is 15. The van der Waals surface area contributed by atoms with Gasteiger partial charge in [-0.3, -0.25) is 9.59 Å². The maximum absolute atomic E-state index is 13.2. The van der Waals surface area contributed by atoms with E-state index in [0.717, 1.165) is 70.6 Å². The lowest BCUT2D eigenvalue weighted by Gasteiger charge is -2.63. The van der Waals surface area contributed by atoms with Crippen molar-refractivity contribution in [1.29, 1.82) is 0 Å². The Morgan fingerprint density at radius 3 is 1.47 bits per heavy atom. The Labute approximate surface area is 395 Å². The Kier molecular flexibility index (Phi) is 14.9. The average Bonchev–Trinajstić information content (AvgIpc) is 3.81. The Hall–Kier alpha value is -1.83. The van der Waals surface area contributed by atoms with Gasteiger partial charge in [0.25, 0.3) is 0 Å². The van der Waals surface area contributed by atoms with E-state index in [9.17, 15) is 50.1 Å². The molecule has 0 bridgehead atoms. The van der Waals surface area contributed by atoms with E-state index in [1.165, 1.54) is 0 Å². The minimum absolute atomic E-state index is 0.0136. The summed E-state index contributed by atoms with van der Waals surface area (Å²) in [5.41, 5.74) is -0.623. The topological polar surface area (TPSA) is 217 Å². The third-order valence-corrected chi connectivity index (χ3v) is 22.6. The molecule has 8 saturated carbocycles. The molecular weight excluding hydrogens is 837 g/mol. The number of amides is 2. The molecule has 0 saturated heterocycles. The normalized spacial score (nSPS) is 48.5. The van der Waals surface area contributed by atoms with Crippen molar-refractivity contribution in [3.8, 4) is 0 Å². The fourth-order valence-electron chi connectivity index (χ4n) is 18.7. The summed E-state index contributed by atoms with van der Waals surface area (Å²) >= 11 is 0. The highest BCUT2D eigenvalue weighted by molar-refractivity contribution is 5.83. The summed E-state index contributed by atoms with van der Waals surface area (Å²) in [6, 6.07) is -1.01. The van der Waals surface area contributed by atoms with E-state index in [2.05, 4.69) is 52.2 Å². The first-order valence-corrected chi connectivity index (χ1v) is 27.0. The first-order valence-electron chi connectivity index (χ1n) is 27.0. The largest absolute Gasteiger partial charge is 0.480 e. The first-order chi connectivity index (χ1) is 31.1. The molecular formula is C54H90N2O10. The Morgan fingerprint density at radius 1 is 0.561 bits per heavy atom. The van der Waals surface area contributed by atoms with Gasteiger partial charge in [0.05, 0.1) is 36.6 Å². The van der Waals surface area contributed by atoms with Crippen molar-refractivity contribution >= 4 is 17.8 Å². The van der Waals surface area contributed by atoms with Gasteiger partial charge in [-0.25, -0.2) is 4.79 Å². The van der Waals surface area contributed by atoms with Crippen molar-refractivity contribution in [3.05, 3.63) is 0 Å². The molecule has 15 unspecified atom stereocenters. The van der Waals surface area contributed by atoms with E-state index < -0.39 is 36.4 Å². The molecule has 0 aromatic heterocycles. The number of nitrogens with one attached hydrogen (secondary N) is 2. The van der Waals surface area contributed by atoms with Gasteiger partial charge in [0.1, 0.15) is 6.04 Å². The molecule has 8 fully saturated rings. The molecule has 0 aromatic rings. The van der Waals surface area contributed by atoms with Crippen LogP contribution in [0.1, 0.15) is 176 Å². The lowest BCUT2D eigenvalue weighted by molar-refractivity contribution is -0.207. The molecule has 8 rings (SSSR count). The lowest BCUT2D eigenvalue weighted by atomic mass is 9.43. The van der Waals surface area contributed by atoms with Gasteiger partial charge in [0, 0.05) is 19.4 Å². The second-order valence-electron chi connectivity index (χ2n) is 25.4. The highest BCUT2D eigenvalue weighted by Gasteiger charge is 2.67. The third-order valence-electron chi connectivity index (χ3n) is 22.6. The average molecular weight is 927 g/mol. The molecule has 23 atom stereocenters. The predicted octanol–water partition coefficient (Wildman–Crippen LogP) is 6.60. The summed E-state index contributed by atoms with van der Waals surface area (Å²) in [4.78, 5) is 38.5. The zero-order chi connectivity index (χ0) is 47.7. The van der Waals surface area contributed by atoms with Crippen LogP contribution in [-0.2, 0) is 14.4 Å². The van der Waals surface area contributed by atoms with Crippen LogP contribution in [0.25, 0.3) is 0 Å². The summed E-state index contributed by atoms with van der Waals surface area (Å²) in [5.74, 6) is 1.21. The highest BCUT2D eigenvalue weighted by atomic mass is 16.4. The summed E-state index contributed by atoms with van der Waals surface area (Å²) < 4.78 is 0. The third kappa shape index (κ3) is 8.85. The zero-order valence-corrected chi connectivity index (χ0v) is 41.4. The van der Waals surface area contributed by atoms with E-state index in [1.807, 2.05) is 0 Å². The Morgan fingerprint density at radius 2 is 1.02 bits per heavy atom. The van der Waals surface area contributed by atoms with Crippen molar-refractivity contribution in [2.45, 2.75) is 219 Å². The van der Waals surface area contributed by atoms with Gasteiger partial charge in [0.2, 0.25) is 11.8 Å². The van der Waals surface area contributed by atoms with Crippen LogP contribution < -0.4 is 10.6 Å². The molecule has 8 aliphatic carbocycles. The molecule has 376 valence electrons. The van der Waals surface area contributed by atoms with Gasteiger partial charge in [-0.2, -0.15) is 0 Å². The molecule has 2 amide bonds. The summed E-state index contributed by atoms with van der Waals surface area (Å²) in [5, 5.41) is 83.8. The quantitative estimate of drug-likeness (QED) is 0.0803. The summed E-state index contributed by atoms with van der Waals surface area (Å²) in [7, 11) is 0. The molecule has 9 N–H and O–H groups in total. The summed E-state index contributed by atoms with van der Waals surface area (Å²) in [6.45, 7) is 14.0. The smallest absolute Gasteiger partial charge is 0.326 e. The Balaban J connectivity index is 0.750. The van der Waals surface area contributed by atoms with E-state index in [4.69, 9.17) is 0 Å². The predicted molar refractivity (Wildman–Crippen MR) is 251 cm³/mol. The number of aliphatic carboxylic acids is 1. The molecule has 0 aliphatic heterocycles. The van der Waals surface area contributed by atoms with Crippen LogP contribution in [0.5, 0.6) is 0 Å². The molecule has 12 heteroatoms. The van der Waals surface area contributed by atoms with Gasteiger partial charge in [0.15, 0.2) is 0 Å². The molecule has 0 heterocycles. The number of unbranched alkanes of at least 4 members (excludes halogenated alkanes) is 1. The van der Waals surface area contributed by atoms with E-state index >= 15 is 0 Å². The van der Waals surface area contributed by atoms with Gasteiger partial charge < -0.3 is 46.4 Å². The zero-order valence-electron chi connectivity index (χ0n) is 41.4. The number of aliphatic hydroxyl groups excluding tert-OH is 6. The maximum Gasteiger partial charge on any atom is 0.326 e. The molecule has 8 aliphatic rings. The number of hydrogen-bond donors (Lipinski definition) is 9. The lowest BCUT2D eigenvalue weighted by Crippen LogP contribution is -2.62. The number of fused-ring (bicyclic) bond motifs is 10. The van der Waals surface area contributed by atoms with Gasteiger partial charge in [-0.05, 0) is 215 Å². The van der Waals surface area contributed by atoms with Crippen LogP contribution in [0.3, 0.4) is 0 Å². The van der Waals surface area contributed by atoms with Crippen LogP contribution in [0.4, 0.5) is 0 Å². The number of aliphatic hydroxyl groups is 6. The van der Waals surface area contributed by atoms with Crippen LogP contribution >= 0.6 is 0 Å². The SMILES string of the molecule is CC(CCC(=O)NCCCCC(NC(=O)CCC(C)C1CC[C@H]2[C@H]3C(O)C[C@@H]4C[C@H](O)CCC4(C)C3CC(O)C12C)C(=O)O)C1CC[C@H]2[C@H]3C(O)C[C@@H]4C[C@H](O)CCC4(C)C3CC(O)C12C. The van der Waals surface area contributed by atoms with Gasteiger partial charge >= 0.3 is 5.97 Å². The second-order valence-corrected chi connectivity index (χ2v) is 25.4. The van der Waals surface area contributed by atoms with Crippen LogP contribution in [0.2, 0.25) is 0 Å². The molecule has 0 aromatic carbocycles. The molecule has 0 radical (unpaired) electrons. The second kappa shape index (κ2) is 19.4. The number of carbonyl (C=O) groups excluding carboxylic acids is 2.